The maximum absolute atomic E-state index is 11.8. The van der Waals surface area contributed by atoms with Crippen LogP contribution in [0.15, 0.2) is 34.0 Å². The van der Waals surface area contributed by atoms with E-state index < -0.39 is 10.0 Å². The van der Waals surface area contributed by atoms with E-state index in [0.717, 1.165) is 0 Å². The monoisotopic (exact) mass is 256 g/mol. The van der Waals surface area contributed by atoms with Gasteiger partial charge in [-0.3, -0.25) is 0 Å². The highest BCUT2D eigenvalue weighted by Gasteiger charge is 2.15. The summed E-state index contributed by atoms with van der Waals surface area (Å²) < 4.78 is 30.7. The Hall–Kier alpha value is -1.64. The fourth-order valence-electron chi connectivity index (χ4n) is 1.27. The molecule has 4 N–H and O–H groups in total. The van der Waals surface area contributed by atoms with Gasteiger partial charge in [0.1, 0.15) is 6.26 Å². The molecule has 0 aliphatic carbocycles. The summed E-state index contributed by atoms with van der Waals surface area (Å²) >= 11 is 0. The molecule has 0 aliphatic rings. The van der Waals surface area contributed by atoms with Crippen molar-refractivity contribution in [2.24, 2.45) is 5.73 Å². The molecule has 0 radical (unpaired) electrons. The molecule has 0 unspecified atom stereocenters. The number of nitrogens with one attached hydrogen (secondary N) is 2. The molecule has 7 nitrogen and oxygen atoms in total. The number of aromatic nitrogens is 2. The molecule has 2 heterocycles. The van der Waals surface area contributed by atoms with Crippen LogP contribution in [0.25, 0.3) is 0 Å². The smallest absolute Gasteiger partial charge is 0.242 e. The third-order valence-corrected chi connectivity index (χ3v) is 3.56. The lowest BCUT2D eigenvalue weighted by Gasteiger charge is -2.01. The van der Waals surface area contributed by atoms with Crippen LogP contribution in [0.1, 0.15) is 11.4 Å². The van der Waals surface area contributed by atoms with Gasteiger partial charge < -0.3 is 15.2 Å². The Balaban J connectivity index is 2.08. The first kappa shape index (κ1) is 11.8. The fourth-order valence-corrected chi connectivity index (χ4v) is 2.29. The molecular weight excluding hydrogens is 244 g/mol. The Morgan fingerprint density at radius 3 is 2.94 bits per heavy atom. The van der Waals surface area contributed by atoms with Crippen molar-refractivity contribution in [2.75, 3.05) is 0 Å². The summed E-state index contributed by atoms with van der Waals surface area (Å²) in [5.41, 5.74) is 6.56. The molecule has 92 valence electrons. The average Bonchev–Trinajstić information content (AvgIpc) is 2.98. The van der Waals surface area contributed by atoms with Crippen LogP contribution < -0.4 is 10.5 Å². The van der Waals surface area contributed by atoms with Gasteiger partial charge in [-0.1, -0.05) is 5.16 Å². The van der Waals surface area contributed by atoms with Crippen LogP contribution in [0.5, 0.6) is 0 Å². The SMILES string of the molecule is NCc1cc(S(=O)(=O)NCc2ccon2)c[nH]1. The van der Waals surface area contributed by atoms with Gasteiger partial charge in [0, 0.05) is 24.5 Å². The summed E-state index contributed by atoms with van der Waals surface area (Å²) in [6.07, 6.45) is 2.78. The first-order valence-corrected chi connectivity index (χ1v) is 6.36. The van der Waals surface area contributed by atoms with Crippen molar-refractivity contribution in [1.82, 2.24) is 14.9 Å². The van der Waals surface area contributed by atoms with Crippen LogP contribution in [0, 0.1) is 0 Å². The summed E-state index contributed by atoms with van der Waals surface area (Å²) in [7, 11) is -3.54. The van der Waals surface area contributed by atoms with Gasteiger partial charge in [0.25, 0.3) is 0 Å². The van der Waals surface area contributed by atoms with Crippen LogP contribution >= 0.6 is 0 Å². The normalized spacial score (nSPS) is 11.8. The molecule has 0 saturated heterocycles. The van der Waals surface area contributed by atoms with Crippen molar-refractivity contribution in [1.29, 1.82) is 0 Å². The van der Waals surface area contributed by atoms with E-state index in [4.69, 9.17) is 5.73 Å². The highest BCUT2D eigenvalue weighted by molar-refractivity contribution is 7.89. The lowest BCUT2D eigenvalue weighted by atomic mass is 10.4. The first-order chi connectivity index (χ1) is 8.12. The van der Waals surface area contributed by atoms with E-state index in [-0.39, 0.29) is 18.0 Å². The van der Waals surface area contributed by atoms with E-state index in [2.05, 4.69) is 19.4 Å². The third kappa shape index (κ3) is 2.73. The molecule has 0 aliphatic heterocycles. The number of H-pyrrole nitrogens is 1. The minimum Gasteiger partial charge on any atom is -0.364 e. The zero-order valence-electron chi connectivity index (χ0n) is 8.88. The molecule has 0 aromatic carbocycles. The van der Waals surface area contributed by atoms with E-state index in [1.807, 2.05) is 0 Å². The highest BCUT2D eigenvalue weighted by atomic mass is 32.2. The Morgan fingerprint density at radius 2 is 2.35 bits per heavy atom. The lowest BCUT2D eigenvalue weighted by Crippen LogP contribution is -2.22. The zero-order chi connectivity index (χ0) is 12.3. The minimum absolute atomic E-state index is 0.0853. The van der Waals surface area contributed by atoms with Crippen molar-refractivity contribution in [3.8, 4) is 0 Å². The van der Waals surface area contributed by atoms with Gasteiger partial charge in [-0.15, -0.1) is 0 Å². The van der Waals surface area contributed by atoms with Crippen molar-refractivity contribution < 1.29 is 12.9 Å². The summed E-state index contributed by atoms with van der Waals surface area (Å²) in [5, 5.41) is 3.60. The van der Waals surface area contributed by atoms with Gasteiger partial charge in [0.2, 0.25) is 10.0 Å². The van der Waals surface area contributed by atoms with Crippen LogP contribution in [0.2, 0.25) is 0 Å². The third-order valence-electron chi connectivity index (χ3n) is 2.18. The summed E-state index contributed by atoms with van der Waals surface area (Å²) in [6, 6.07) is 3.08. The van der Waals surface area contributed by atoms with Crippen molar-refractivity contribution in [3.63, 3.8) is 0 Å². The quantitative estimate of drug-likeness (QED) is 0.693. The molecule has 2 aromatic heterocycles. The molecule has 0 spiro atoms. The van der Waals surface area contributed by atoms with Crippen LogP contribution in [-0.2, 0) is 23.1 Å². The van der Waals surface area contributed by atoms with Crippen LogP contribution in [-0.4, -0.2) is 18.6 Å². The second-order valence-electron chi connectivity index (χ2n) is 3.38. The number of hydrogen-bond donors (Lipinski definition) is 3. The number of sulfonamides is 1. The minimum atomic E-state index is -3.54. The fraction of sp³-hybridized carbons (Fsp3) is 0.222. The van der Waals surface area contributed by atoms with Gasteiger partial charge in [0.15, 0.2) is 0 Å². The topological polar surface area (TPSA) is 114 Å². The summed E-state index contributed by atoms with van der Waals surface area (Å²) in [5.74, 6) is 0. The Morgan fingerprint density at radius 1 is 1.53 bits per heavy atom. The second kappa shape index (κ2) is 4.70. The molecule has 0 fully saturated rings. The van der Waals surface area contributed by atoms with Crippen molar-refractivity contribution in [3.05, 3.63) is 36.0 Å². The Kier molecular flexibility index (Phi) is 3.27. The molecule has 2 rings (SSSR count). The second-order valence-corrected chi connectivity index (χ2v) is 5.15. The van der Waals surface area contributed by atoms with Crippen molar-refractivity contribution >= 4 is 10.0 Å². The molecule has 17 heavy (non-hydrogen) atoms. The molecule has 0 atom stereocenters. The van der Waals surface area contributed by atoms with Gasteiger partial charge in [0.05, 0.1) is 17.1 Å². The Bertz CT molecular complexity index is 573. The number of aromatic amines is 1. The molecule has 0 bridgehead atoms. The highest BCUT2D eigenvalue weighted by Crippen LogP contribution is 2.10. The Labute approximate surface area is 98.0 Å². The van der Waals surface area contributed by atoms with Gasteiger partial charge in [-0.25, -0.2) is 13.1 Å². The number of nitrogens with zero attached hydrogens (tertiary/aromatic N) is 1. The molecule has 0 amide bonds. The standard InChI is InChI=1S/C9H12N4O3S/c10-4-8-3-9(6-11-8)17(14,15)12-5-7-1-2-16-13-7/h1-3,6,11-12H,4-5,10H2. The largest absolute Gasteiger partial charge is 0.364 e. The van der Waals surface area contributed by atoms with E-state index in [9.17, 15) is 8.42 Å². The maximum atomic E-state index is 11.8. The lowest BCUT2D eigenvalue weighted by molar-refractivity contribution is 0.411. The summed E-state index contributed by atoms with van der Waals surface area (Å²) in [4.78, 5) is 2.93. The predicted octanol–water partition coefficient (Wildman–Crippen LogP) is -0.0601. The van der Waals surface area contributed by atoms with Crippen LogP contribution in [0.4, 0.5) is 0 Å². The molecule has 2 aromatic rings. The van der Waals surface area contributed by atoms with E-state index in [0.29, 0.717) is 11.4 Å². The number of rotatable bonds is 5. The molecule has 0 saturated carbocycles. The summed E-state index contributed by atoms with van der Waals surface area (Å²) in [6.45, 7) is 0.348. The van der Waals surface area contributed by atoms with Crippen LogP contribution in [0.3, 0.4) is 0 Å². The van der Waals surface area contributed by atoms with Gasteiger partial charge in [-0.05, 0) is 6.07 Å². The predicted molar refractivity (Wildman–Crippen MR) is 59.2 cm³/mol. The first-order valence-electron chi connectivity index (χ1n) is 4.88. The number of hydrogen-bond acceptors (Lipinski definition) is 5. The van der Waals surface area contributed by atoms with E-state index >= 15 is 0 Å². The zero-order valence-corrected chi connectivity index (χ0v) is 9.70. The van der Waals surface area contributed by atoms with E-state index in [1.165, 1.54) is 18.5 Å². The number of nitrogens with two attached hydrogens (primary N) is 1. The van der Waals surface area contributed by atoms with Gasteiger partial charge in [-0.2, -0.15) is 0 Å². The molecular formula is C9H12N4O3S. The van der Waals surface area contributed by atoms with E-state index in [1.54, 1.807) is 6.07 Å². The average molecular weight is 256 g/mol. The molecule has 8 heteroatoms. The van der Waals surface area contributed by atoms with Crippen molar-refractivity contribution in [2.45, 2.75) is 18.0 Å². The van der Waals surface area contributed by atoms with Gasteiger partial charge >= 0.3 is 0 Å². The maximum Gasteiger partial charge on any atom is 0.242 e.